The van der Waals surface area contributed by atoms with Gasteiger partial charge in [-0.25, -0.2) is 4.79 Å². The lowest BCUT2D eigenvalue weighted by atomic mass is 10.1. The van der Waals surface area contributed by atoms with E-state index in [9.17, 15) is 9.59 Å². The van der Waals surface area contributed by atoms with Crippen molar-refractivity contribution in [1.82, 2.24) is 4.90 Å². The zero-order chi connectivity index (χ0) is 19.9. The van der Waals surface area contributed by atoms with E-state index in [1.54, 1.807) is 24.5 Å². The van der Waals surface area contributed by atoms with Crippen molar-refractivity contribution in [3.05, 3.63) is 47.9 Å². The first-order chi connectivity index (χ1) is 13.6. The summed E-state index contributed by atoms with van der Waals surface area (Å²) in [5.41, 5.74) is 0.476. The number of furan rings is 1. The van der Waals surface area contributed by atoms with Gasteiger partial charge in [-0.1, -0.05) is 12.8 Å². The maximum Gasteiger partial charge on any atom is 0.341 e. The summed E-state index contributed by atoms with van der Waals surface area (Å²) in [5.74, 6) is 0.229. The van der Waals surface area contributed by atoms with Crippen molar-refractivity contribution in [3.63, 3.8) is 0 Å². The first-order valence-corrected chi connectivity index (χ1v) is 9.53. The second kappa shape index (κ2) is 9.30. The summed E-state index contributed by atoms with van der Waals surface area (Å²) in [6.45, 7) is 2.13. The van der Waals surface area contributed by atoms with Gasteiger partial charge in [-0.05, 0) is 50.1 Å². The smallest absolute Gasteiger partial charge is 0.341 e. The van der Waals surface area contributed by atoms with Crippen molar-refractivity contribution in [2.24, 2.45) is 0 Å². The fourth-order valence-corrected chi connectivity index (χ4v) is 3.49. The fraction of sp³-hybridized carbons (Fsp3) is 0.429. The summed E-state index contributed by atoms with van der Waals surface area (Å²) in [6, 6.07) is 8.70. The van der Waals surface area contributed by atoms with E-state index in [0.29, 0.717) is 30.2 Å². The summed E-state index contributed by atoms with van der Waals surface area (Å²) in [7, 11) is 0. The number of carbonyl (C=O) groups excluding carboxylic acids is 1. The number of aliphatic carboxylic acids is 1. The van der Waals surface area contributed by atoms with Crippen LogP contribution in [0.25, 0.3) is 0 Å². The lowest BCUT2D eigenvalue weighted by Gasteiger charge is -2.28. The number of carbonyl (C=O) groups is 2. The molecule has 3 rings (SSSR count). The molecular formula is C21H25NO6. The average molecular weight is 387 g/mol. The van der Waals surface area contributed by atoms with Crippen molar-refractivity contribution in [2.45, 2.75) is 45.2 Å². The van der Waals surface area contributed by atoms with Crippen LogP contribution in [0.2, 0.25) is 0 Å². The topological polar surface area (TPSA) is 89.2 Å². The number of amides is 1. The van der Waals surface area contributed by atoms with Gasteiger partial charge in [0.2, 0.25) is 0 Å². The molecule has 7 heteroatoms. The molecule has 1 fully saturated rings. The molecule has 7 nitrogen and oxygen atoms in total. The van der Waals surface area contributed by atoms with Crippen LogP contribution in [0, 0.1) is 0 Å². The zero-order valence-corrected chi connectivity index (χ0v) is 15.9. The van der Waals surface area contributed by atoms with Crippen molar-refractivity contribution in [1.29, 1.82) is 0 Å². The number of hydrogen-bond acceptors (Lipinski definition) is 5. The summed E-state index contributed by atoms with van der Waals surface area (Å²) in [5, 5.41) is 8.82. The predicted molar refractivity (Wildman–Crippen MR) is 102 cm³/mol. The highest BCUT2D eigenvalue weighted by atomic mass is 16.5. The standard InChI is InChI=1S/C21H25NO6/c1-2-26-19-12-15(9-10-18(19)28-14-20(23)24)21(25)22(16-6-3-4-7-16)13-17-8-5-11-27-17/h5,8-12,16H,2-4,6-7,13-14H2,1H3,(H,23,24). The molecule has 0 spiro atoms. The summed E-state index contributed by atoms with van der Waals surface area (Å²) in [6.07, 6.45) is 5.78. The van der Waals surface area contributed by atoms with E-state index in [-0.39, 0.29) is 11.9 Å². The molecule has 1 amide bonds. The van der Waals surface area contributed by atoms with Gasteiger partial charge in [-0.15, -0.1) is 0 Å². The number of benzene rings is 1. The van der Waals surface area contributed by atoms with Gasteiger partial charge in [0.15, 0.2) is 18.1 Å². The Morgan fingerprint density at radius 1 is 1.18 bits per heavy atom. The normalized spacial score (nSPS) is 14.0. The van der Waals surface area contributed by atoms with Crippen LogP contribution in [0.3, 0.4) is 0 Å². The third-order valence-corrected chi connectivity index (χ3v) is 4.77. The number of ether oxygens (including phenoxy) is 2. The molecule has 1 heterocycles. The highest BCUT2D eigenvalue weighted by Gasteiger charge is 2.29. The molecule has 0 aliphatic heterocycles. The Kier molecular flexibility index (Phi) is 6.57. The Balaban J connectivity index is 1.84. The highest BCUT2D eigenvalue weighted by Crippen LogP contribution is 2.31. The van der Waals surface area contributed by atoms with Crippen molar-refractivity contribution < 1.29 is 28.6 Å². The van der Waals surface area contributed by atoms with E-state index in [4.69, 9.17) is 19.0 Å². The first-order valence-electron chi connectivity index (χ1n) is 9.53. The second-order valence-electron chi connectivity index (χ2n) is 6.73. The molecule has 150 valence electrons. The number of nitrogens with zero attached hydrogens (tertiary/aromatic N) is 1. The van der Waals surface area contributed by atoms with Crippen LogP contribution in [-0.4, -0.2) is 41.1 Å². The van der Waals surface area contributed by atoms with Crippen LogP contribution < -0.4 is 9.47 Å². The molecule has 2 aromatic rings. The van der Waals surface area contributed by atoms with Crippen molar-refractivity contribution in [3.8, 4) is 11.5 Å². The van der Waals surface area contributed by atoms with E-state index in [0.717, 1.165) is 31.4 Å². The van der Waals surface area contributed by atoms with Gasteiger partial charge in [0.1, 0.15) is 5.76 Å². The van der Waals surface area contributed by atoms with Gasteiger partial charge in [-0.3, -0.25) is 4.79 Å². The van der Waals surface area contributed by atoms with Crippen LogP contribution in [0.4, 0.5) is 0 Å². The first kappa shape index (κ1) is 19.8. The van der Waals surface area contributed by atoms with Gasteiger partial charge in [0.05, 0.1) is 19.4 Å². The monoisotopic (exact) mass is 387 g/mol. The summed E-state index contributed by atoms with van der Waals surface area (Å²) >= 11 is 0. The molecule has 1 aromatic heterocycles. The maximum absolute atomic E-state index is 13.3. The largest absolute Gasteiger partial charge is 0.490 e. The minimum absolute atomic E-state index is 0.103. The van der Waals surface area contributed by atoms with Crippen LogP contribution >= 0.6 is 0 Å². The highest BCUT2D eigenvalue weighted by molar-refractivity contribution is 5.95. The minimum atomic E-state index is -1.08. The maximum atomic E-state index is 13.3. The van der Waals surface area contributed by atoms with Crippen molar-refractivity contribution in [2.75, 3.05) is 13.2 Å². The second-order valence-corrected chi connectivity index (χ2v) is 6.73. The Bertz CT molecular complexity index is 795. The Morgan fingerprint density at radius 3 is 2.61 bits per heavy atom. The molecule has 1 saturated carbocycles. The zero-order valence-electron chi connectivity index (χ0n) is 15.9. The molecule has 0 unspecified atom stereocenters. The third kappa shape index (κ3) is 4.85. The van der Waals surface area contributed by atoms with E-state index >= 15 is 0 Å². The molecule has 1 aromatic carbocycles. The van der Waals surface area contributed by atoms with Crippen LogP contribution in [-0.2, 0) is 11.3 Å². The van der Waals surface area contributed by atoms with Gasteiger partial charge < -0.3 is 23.9 Å². The molecule has 0 atom stereocenters. The summed E-state index contributed by atoms with van der Waals surface area (Å²) in [4.78, 5) is 25.9. The lowest BCUT2D eigenvalue weighted by molar-refractivity contribution is -0.139. The fourth-order valence-electron chi connectivity index (χ4n) is 3.49. The molecule has 28 heavy (non-hydrogen) atoms. The van der Waals surface area contributed by atoms with Crippen LogP contribution in [0.1, 0.15) is 48.7 Å². The molecule has 1 N–H and O–H groups in total. The van der Waals surface area contributed by atoms with Gasteiger partial charge >= 0.3 is 5.97 Å². The molecule has 0 bridgehead atoms. The molecule has 0 radical (unpaired) electrons. The van der Waals surface area contributed by atoms with E-state index in [2.05, 4.69) is 0 Å². The van der Waals surface area contributed by atoms with E-state index in [1.165, 1.54) is 0 Å². The quantitative estimate of drug-likeness (QED) is 0.705. The number of hydrogen-bond donors (Lipinski definition) is 1. The number of carboxylic acid groups (broad SMARTS) is 1. The molecular weight excluding hydrogens is 362 g/mol. The molecule has 1 aliphatic rings. The predicted octanol–water partition coefficient (Wildman–Crippen LogP) is 3.73. The molecule has 0 saturated heterocycles. The van der Waals surface area contributed by atoms with E-state index in [1.807, 2.05) is 24.0 Å². The van der Waals surface area contributed by atoms with Crippen LogP contribution in [0.15, 0.2) is 41.0 Å². The Labute approximate surface area is 163 Å². The Morgan fingerprint density at radius 2 is 1.96 bits per heavy atom. The SMILES string of the molecule is CCOc1cc(C(=O)N(Cc2ccco2)C2CCCC2)ccc1OCC(=O)O. The van der Waals surface area contributed by atoms with Gasteiger partial charge in [-0.2, -0.15) is 0 Å². The van der Waals surface area contributed by atoms with E-state index < -0.39 is 12.6 Å². The number of carboxylic acids is 1. The minimum Gasteiger partial charge on any atom is -0.490 e. The summed E-state index contributed by atoms with van der Waals surface area (Å²) < 4.78 is 16.3. The average Bonchev–Trinajstić information content (AvgIpc) is 3.38. The van der Waals surface area contributed by atoms with Gasteiger partial charge in [0.25, 0.3) is 5.91 Å². The van der Waals surface area contributed by atoms with Crippen LogP contribution in [0.5, 0.6) is 11.5 Å². The lowest BCUT2D eigenvalue weighted by Crippen LogP contribution is -2.38. The molecule has 1 aliphatic carbocycles. The number of rotatable bonds is 9. The van der Waals surface area contributed by atoms with Crippen molar-refractivity contribution >= 4 is 11.9 Å². The van der Waals surface area contributed by atoms with Gasteiger partial charge in [0, 0.05) is 11.6 Å². The Hall–Kier alpha value is -2.96. The third-order valence-electron chi connectivity index (χ3n) is 4.77.